The summed E-state index contributed by atoms with van der Waals surface area (Å²) in [7, 11) is 0. The van der Waals surface area contributed by atoms with Crippen LogP contribution in [0.25, 0.3) is 11.4 Å². The zero-order valence-corrected chi connectivity index (χ0v) is 12.4. The first kappa shape index (κ1) is 14.4. The zero-order valence-electron chi connectivity index (χ0n) is 12.4. The molecule has 6 nitrogen and oxygen atoms in total. The van der Waals surface area contributed by atoms with Gasteiger partial charge in [-0.05, 0) is 38.3 Å². The van der Waals surface area contributed by atoms with Crippen LogP contribution in [0.1, 0.15) is 25.0 Å². The van der Waals surface area contributed by atoms with Gasteiger partial charge in [-0.15, -0.1) is 0 Å². The molecule has 0 radical (unpaired) electrons. The van der Waals surface area contributed by atoms with Crippen molar-refractivity contribution in [2.24, 2.45) is 0 Å². The largest absolute Gasteiger partial charge is 0.480 e. The summed E-state index contributed by atoms with van der Waals surface area (Å²) in [6, 6.07) is 5.07. The van der Waals surface area contributed by atoms with Gasteiger partial charge in [0.25, 0.3) is 0 Å². The molecule has 0 aliphatic carbocycles. The van der Waals surface area contributed by atoms with Gasteiger partial charge >= 0.3 is 5.97 Å². The first-order valence-electron chi connectivity index (χ1n) is 7.40. The third kappa shape index (κ3) is 2.90. The van der Waals surface area contributed by atoms with E-state index < -0.39 is 12.0 Å². The number of aliphatic carboxylic acids is 1. The van der Waals surface area contributed by atoms with Crippen LogP contribution < -0.4 is 4.90 Å². The van der Waals surface area contributed by atoms with E-state index in [2.05, 4.69) is 15.0 Å². The molecule has 1 N–H and O–H groups in total. The van der Waals surface area contributed by atoms with Gasteiger partial charge in [0.1, 0.15) is 11.9 Å². The molecule has 114 valence electrons. The lowest BCUT2D eigenvalue weighted by Crippen LogP contribution is -2.45. The van der Waals surface area contributed by atoms with Crippen molar-refractivity contribution in [3.8, 4) is 11.4 Å². The second-order valence-corrected chi connectivity index (χ2v) is 5.48. The molecule has 0 aromatic carbocycles. The number of hydrogen-bond donors (Lipinski definition) is 1. The smallest absolute Gasteiger partial charge is 0.326 e. The van der Waals surface area contributed by atoms with Crippen molar-refractivity contribution in [1.82, 2.24) is 15.0 Å². The van der Waals surface area contributed by atoms with Crippen LogP contribution in [-0.2, 0) is 4.79 Å². The fraction of sp³-hybridized carbons (Fsp3) is 0.375. The average molecular weight is 298 g/mol. The number of anilines is 1. The van der Waals surface area contributed by atoms with Crippen molar-refractivity contribution in [2.75, 3.05) is 11.4 Å². The summed E-state index contributed by atoms with van der Waals surface area (Å²) in [4.78, 5) is 26.5. The van der Waals surface area contributed by atoms with Gasteiger partial charge in [0.15, 0.2) is 5.82 Å². The maximum atomic E-state index is 11.5. The van der Waals surface area contributed by atoms with Crippen LogP contribution >= 0.6 is 0 Å². The standard InChI is InChI=1S/C16H18N4O2/c1-11-9-14(20-8-3-2-6-13(20)16(21)22)19-15(18-11)12-5-4-7-17-10-12/h4-5,7,9-10,13H,2-3,6,8H2,1H3,(H,21,22). The van der Waals surface area contributed by atoms with Gasteiger partial charge in [0, 0.05) is 36.3 Å². The van der Waals surface area contributed by atoms with Crippen molar-refractivity contribution in [3.05, 3.63) is 36.3 Å². The lowest BCUT2D eigenvalue weighted by Gasteiger charge is -2.34. The Morgan fingerprint density at radius 3 is 2.95 bits per heavy atom. The molecule has 0 amide bonds. The Morgan fingerprint density at radius 2 is 2.23 bits per heavy atom. The summed E-state index contributed by atoms with van der Waals surface area (Å²) in [6.45, 7) is 2.60. The molecule has 0 bridgehead atoms. The molecule has 0 spiro atoms. The molecule has 0 saturated carbocycles. The highest BCUT2D eigenvalue weighted by atomic mass is 16.4. The Morgan fingerprint density at radius 1 is 1.36 bits per heavy atom. The molecule has 3 rings (SSSR count). The number of pyridine rings is 1. The predicted octanol–water partition coefficient (Wildman–Crippen LogP) is 2.29. The highest BCUT2D eigenvalue weighted by Gasteiger charge is 2.29. The molecule has 1 unspecified atom stereocenters. The van der Waals surface area contributed by atoms with E-state index in [1.165, 1.54) is 0 Å². The Bertz CT molecular complexity index is 675. The summed E-state index contributed by atoms with van der Waals surface area (Å²) in [5, 5.41) is 9.43. The Hall–Kier alpha value is -2.50. The maximum absolute atomic E-state index is 11.5. The normalized spacial score (nSPS) is 18.2. The van der Waals surface area contributed by atoms with E-state index >= 15 is 0 Å². The lowest BCUT2D eigenvalue weighted by molar-refractivity contribution is -0.139. The van der Waals surface area contributed by atoms with Gasteiger partial charge in [-0.2, -0.15) is 0 Å². The SMILES string of the molecule is Cc1cc(N2CCCCC2C(=O)O)nc(-c2cccnc2)n1. The molecule has 6 heteroatoms. The summed E-state index contributed by atoms with van der Waals surface area (Å²) < 4.78 is 0. The van der Waals surface area contributed by atoms with Crippen LogP contribution in [0.5, 0.6) is 0 Å². The van der Waals surface area contributed by atoms with Crippen molar-refractivity contribution >= 4 is 11.8 Å². The fourth-order valence-electron chi connectivity index (χ4n) is 2.79. The summed E-state index contributed by atoms with van der Waals surface area (Å²) in [5.74, 6) is 0.468. The van der Waals surface area contributed by atoms with Crippen LogP contribution in [0, 0.1) is 6.92 Å². The number of aromatic nitrogens is 3. The number of carboxylic acid groups (broad SMARTS) is 1. The average Bonchev–Trinajstić information content (AvgIpc) is 2.55. The van der Waals surface area contributed by atoms with Crippen molar-refractivity contribution in [2.45, 2.75) is 32.2 Å². The monoisotopic (exact) mass is 298 g/mol. The predicted molar refractivity (Wildman–Crippen MR) is 82.6 cm³/mol. The van der Waals surface area contributed by atoms with E-state index in [1.807, 2.05) is 30.0 Å². The molecule has 1 fully saturated rings. The van der Waals surface area contributed by atoms with Crippen LogP contribution in [0.3, 0.4) is 0 Å². The van der Waals surface area contributed by atoms with Gasteiger partial charge < -0.3 is 10.0 Å². The first-order valence-corrected chi connectivity index (χ1v) is 7.40. The molecule has 2 aromatic rings. The molecule has 22 heavy (non-hydrogen) atoms. The van der Waals surface area contributed by atoms with Gasteiger partial charge in [-0.1, -0.05) is 0 Å². The fourth-order valence-corrected chi connectivity index (χ4v) is 2.79. The van der Waals surface area contributed by atoms with Crippen LogP contribution in [-0.4, -0.2) is 38.6 Å². The van der Waals surface area contributed by atoms with Crippen molar-refractivity contribution < 1.29 is 9.90 Å². The van der Waals surface area contributed by atoms with E-state index in [4.69, 9.17) is 0 Å². The Kier molecular flexibility index (Phi) is 4.00. The number of hydrogen-bond acceptors (Lipinski definition) is 5. The molecule has 1 aliphatic heterocycles. The number of carbonyl (C=O) groups is 1. The van der Waals surface area contributed by atoms with Crippen LogP contribution in [0.2, 0.25) is 0 Å². The van der Waals surface area contributed by atoms with Crippen molar-refractivity contribution in [3.63, 3.8) is 0 Å². The zero-order chi connectivity index (χ0) is 15.5. The maximum Gasteiger partial charge on any atom is 0.326 e. The number of nitrogens with zero attached hydrogens (tertiary/aromatic N) is 4. The molecular formula is C16H18N4O2. The highest BCUT2D eigenvalue weighted by Crippen LogP contribution is 2.26. The van der Waals surface area contributed by atoms with Crippen LogP contribution in [0.4, 0.5) is 5.82 Å². The summed E-state index contributed by atoms with van der Waals surface area (Å²) in [6.07, 6.45) is 5.98. The van der Waals surface area contributed by atoms with Gasteiger partial charge in [-0.3, -0.25) is 4.98 Å². The minimum atomic E-state index is -0.793. The molecule has 1 saturated heterocycles. The lowest BCUT2D eigenvalue weighted by atomic mass is 10.0. The Balaban J connectivity index is 2.00. The van der Waals surface area contributed by atoms with Gasteiger partial charge in [0.2, 0.25) is 0 Å². The topological polar surface area (TPSA) is 79.2 Å². The summed E-state index contributed by atoms with van der Waals surface area (Å²) >= 11 is 0. The number of rotatable bonds is 3. The third-order valence-electron chi connectivity index (χ3n) is 3.84. The molecular weight excluding hydrogens is 280 g/mol. The minimum Gasteiger partial charge on any atom is -0.480 e. The highest BCUT2D eigenvalue weighted by molar-refractivity contribution is 5.78. The second-order valence-electron chi connectivity index (χ2n) is 5.48. The van der Waals surface area contributed by atoms with E-state index in [-0.39, 0.29) is 0 Å². The molecule has 3 heterocycles. The minimum absolute atomic E-state index is 0.509. The number of piperidine rings is 1. The molecule has 1 atom stereocenters. The van der Waals surface area contributed by atoms with Crippen molar-refractivity contribution in [1.29, 1.82) is 0 Å². The quantitative estimate of drug-likeness (QED) is 0.936. The van der Waals surface area contributed by atoms with E-state index in [0.29, 0.717) is 24.6 Å². The van der Waals surface area contributed by atoms with Gasteiger partial charge in [-0.25, -0.2) is 14.8 Å². The number of aryl methyl sites for hydroxylation is 1. The molecule has 2 aromatic heterocycles. The van der Waals surface area contributed by atoms with E-state index in [1.54, 1.807) is 12.4 Å². The van der Waals surface area contributed by atoms with E-state index in [9.17, 15) is 9.90 Å². The van der Waals surface area contributed by atoms with Gasteiger partial charge in [0.05, 0.1) is 0 Å². The Labute approximate surface area is 128 Å². The van der Waals surface area contributed by atoms with Crippen LogP contribution in [0.15, 0.2) is 30.6 Å². The third-order valence-corrected chi connectivity index (χ3v) is 3.84. The second kappa shape index (κ2) is 6.09. The number of carboxylic acids is 1. The van der Waals surface area contributed by atoms with E-state index in [0.717, 1.165) is 24.1 Å². The summed E-state index contributed by atoms with van der Waals surface area (Å²) in [5.41, 5.74) is 1.65. The molecule has 1 aliphatic rings. The first-order chi connectivity index (χ1) is 10.6.